The standard InChI is InChI=1S/C19H20N2O2/c1-12(2)10-16-18(22)21-17(19(23)20-16)11-14-8-5-7-13-6-3-4-9-15(13)14/h3-9,11-12,16H,10H2,1-2H3,(H,20,23)(H,21,22). The molecule has 1 aliphatic rings. The van der Waals surface area contributed by atoms with Gasteiger partial charge in [-0.05, 0) is 34.8 Å². The van der Waals surface area contributed by atoms with Gasteiger partial charge in [-0.3, -0.25) is 9.59 Å². The highest BCUT2D eigenvalue weighted by molar-refractivity contribution is 6.08. The molecule has 1 atom stereocenters. The molecule has 1 aliphatic heterocycles. The van der Waals surface area contributed by atoms with Crippen LogP contribution in [0.4, 0.5) is 0 Å². The number of rotatable bonds is 3. The Bertz CT molecular complexity index is 788. The van der Waals surface area contributed by atoms with Crippen molar-refractivity contribution in [3.05, 3.63) is 53.7 Å². The average molecular weight is 308 g/mol. The SMILES string of the molecule is CC(C)CC1NC(=O)C(=Cc2cccc3ccccc23)NC1=O. The summed E-state index contributed by atoms with van der Waals surface area (Å²) in [7, 11) is 0. The van der Waals surface area contributed by atoms with Crippen molar-refractivity contribution in [3.63, 3.8) is 0 Å². The Morgan fingerprint density at radius 3 is 2.61 bits per heavy atom. The number of carbonyl (C=O) groups excluding carboxylic acids is 2. The topological polar surface area (TPSA) is 58.2 Å². The van der Waals surface area contributed by atoms with E-state index in [1.807, 2.05) is 56.3 Å². The summed E-state index contributed by atoms with van der Waals surface area (Å²) in [5, 5.41) is 7.69. The van der Waals surface area contributed by atoms with Crippen LogP contribution in [0.15, 0.2) is 48.2 Å². The van der Waals surface area contributed by atoms with Crippen molar-refractivity contribution in [2.24, 2.45) is 5.92 Å². The first-order valence-electron chi connectivity index (χ1n) is 7.86. The van der Waals surface area contributed by atoms with Crippen molar-refractivity contribution >= 4 is 28.7 Å². The number of nitrogens with one attached hydrogen (secondary N) is 2. The van der Waals surface area contributed by atoms with Gasteiger partial charge in [-0.15, -0.1) is 0 Å². The summed E-state index contributed by atoms with van der Waals surface area (Å²) >= 11 is 0. The van der Waals surface area contributed by atoms with Gasteiger partial charge in [0.25, 0.3) is 5.91 Å². The summed E-state index contributed by atoms with van der Waals surface area (Å²) in [6.45, 7) is 4.06. The Labute approximate surface area is 135 Å². The van der Waals surface area contributed by atoms with E-state index < -0.39 is 6.04 Å². The Morgan fingerprint density at radius 1 is 1.09 bits per heavy atom. The van der Waals surface area contributed by atoms with Gasteiger partial charge >= 0.3 is 0 Å². The van der Waals surface area contributed by atoms with E-state index in [2.05, 4.69) is 10.6 Å². The van der Waals surface area contributed by atoms with E-state index >= 15 is 0 Å². The van der Waals surface area contributed by atoms with Crippen LogP contribution in [0, 0.1) is 5.92 Å². The second-order valence-corrected chi connectivity index (χ2v) is 6.27. The highest BCUT2D eigenvalue weighted by Gasteiger charge is 2.30. The van der Waals surface area contributed by atoms with Crippen LogP contribution in [0.1, 0.15) is 25.8 Å². The lowest BCUT2D eigenvalue weighted by Crippen LogP contribution is -2.55. The zero-order valence-corrected chi connectivity index (χ0v) is 13.3. The zero-order valence-electron chi connectivity index (χ0n) is 13.3. The minimum absolute atomic E-state index is 0.148. The van der Waals surface area contributed by atoms with Gasteiger partial charge in [0.1, 0.15) is 11.7 Å². The highest BCUT2D eigenvalue weighted by Crippen LogP contribution is 2.21. The van der Waals surface area contributed by atoms with Crippen LogP contribution in [-0.4, -0.2) is 17.9 Å². The molecule has 118 valence electrons. The van der Waals surface area contributed by atoms with Gasteiger partial charge in [-0.1, -0.05) is 56.3 Å². The first-order valence-corrected chi connectivity index (χ1v) is 7.86. The molecule has 2 amide bonds. The molecule has 1 unspecified atom stereocenters. The van der Waals surface area contributed by atoms with E-state index in [4.69, 9.17) is 0 Å². The largest absolute Gasteiger partial charge is 0.339 e. The lowest BCUT2D eigenvalue weighted by Gasteiger charge is -2.26. The third-order valence-electron chi connectivity index (χ3n) is 3.95. The minimum Gasteiger partial charge on any atom is -0.339 e. The maximum Gasteiger partial charge on any atom is 0.268 e. The van der Waals surface area contributed by atoms with Crippen molar-refractivity contribution in [2.75, 3.05) is 0 Å². The van der Waals surface area contributed by atoms with Crippen LogP contribution in [-0.2, 0) is 9.59 Å². The summed E-state index contributed by atoms with van der Waals surface area (Å²) in [5.74, 6) is -0.0392. The predicted molar refractivity (Wildman–Crippen MR) is 91.5 cm³/mol. The summed E-state index contributed by atoms with van der Waals surface area (Å²) in [4.78, 5) is 24.5. The molecule has 4 nitrogen and oxygen atoms in total. The number of hydrogen-bond acceptors (Lipinski definition) is 2. The maximum atomic E-state index is 12.3. The number of amides is 2. The molecular formula is C19H20N2O2. The average Bonchev–Trinajstić information content (AvgIpc) is 2.52. The number of carbonyl (C=O) groups is 2. The van der Waals surface area contributed by atoms with Crippen LogP contribution in [0.25, 0.3) is 16.8 Å². The van der Waals surface area contributed by atoms with Crippen LogP contribution in [0.3, 0.4) is 0 Å². The summed E-state index contributed by atoms with van der Waals surface area (Å²) < 4.78 is 0. The lowest BCUT2D eigenvalue weighted by atomic mass is 10.00. The molecule has 0 spiro atoms. The van der Waals surface area contributed by atoms with Crippen LogP contribution in [0.5, 0.6) is 0 Å². The van der Waals surface area contributed by atoms with Crippen LogP contribution < -0.4 is 10.6 Å². The van der Waals surface area contributed by atoms with Crippen molar-refractivity contribution in [2.45, 2.75) is 26.3 Å². The Morgan fingerprint density at radius 2 is 1.83 bits per heavy atom. The van der Waals surface area contributed by atoms with Crippen molar-refractivity contribution < 1.29 is 9.59 Å². The normalized spacial score (nSPS) is 20.0. The monoisotopic (exact) mass is 308 g/mol. The van der Waals surface area contributed by atoms with Gasteiger partial charge in [-0.2, -0.15) is 0 Å². The molecule has 1 heterocycles. The van der Waals surface area contributed by atoms with Gasteiger partial charge in [0, 0.05) is 0 Å². The Hall–Kier alpha value is -2.62. The van der Waals surface area contributed by atoms with Gasteiger partial charge in [-0.25, -0.2) is 0 Å². The molecule has 0 saturated carbocycles. The first kappa shape index (κ1) is 15.3. The second-order valence-electron chi connectivity index (χ2n) is 6.27. The number of benzene rings is 2. The molecule has 1 saturated heterocycles. The molecule has 2 aromatic rings. The van der Waals surface area contributed by atoms with Gasteiger partial charge in [0.05, 0.1) is 0 Å². The maximum absolute atomic E-state index is 12.3. The van der Waals surface area contributed by atoms with Crippen molar-refractivity contribution in [3.8, 4) is 0 Å². The van der Waals surface area contributed by atoms with Gasteiger partial charge in [0.2, 0.25) is 5.91 Å². The Balaban J connectivity index is 1.91. The fourth-order valence-corrected chi connectivity index (χ4v) is 2.85. The summed E-state index contributed by atoms with van der Waals surface area (Å²) in [6, 6.07) is 13.4. The molecule has 3 rings (SSSR count). The van der Waals surface area contributed by atoms with Gasteiger partial charge in [0.15, 0.2) is 0 Å². The lowest BCUT2D eigenvalue weighted by molar-refractivity contribution is -0.131. The molecule has 23 heavy (non-hydrogen) atoms. The summed E-state index contributed by atoms with van der Waals surface area (Å²) in [5.41, 5.74) is 1.21. The molecule has 0 aliphatic carbocycles. The third-order valence-corrected chi connectivity index (χ3v) is 3.95. The number of fused-ring (bicyclic) bond motifs is 1. The minimum atomic E-state index is -0.452. The van der Waals surface area contributed by atoms with E-state index in [1.165, 1.54) is 0 Å². The third kappa shape index (κ3) is 3.26. The van der Waals surface area contributed by atoms with E-state index in [1.54, 1.807) is 6.08 Å². The van der Waals surface area contributed by atoms with Crippen LogP contribution >= 0.6 is 0 Å². The van der Waals surface area contributed by atoms with Crippen molar-refractivity contribution in [1.29, 1.82) is 0 Å². The molecule has 4 heteroatoms. The van der Waals surface area contributed by atoms with Crippen LogP contribution in [0.2, 0.25) is 0 Å². The highest BCUT2D eigenvalue weighted by atomic mass is 16.2. The molecule has 2 N–H and O–H groups in total. The van der Waals surface area contributed by atoms with E-state index in [-0.39, 0.29) is 11.8 Å². The smallest absolute Gasteiger partial charge is 0.268 e. The Kier molecular flexibility index (Phi) is 4.15. The summed E-state index contributed by atoms with van der Waals surface area (Å²) in [6.07, 6.45) is 2.38. The number of piperazine rings is 1. The molecule has 0 aromatic heterocycles. The predicted octanol–water partition coefficient (Wildman–Crippen LogP) is 2.84. The van der Waals surface area contributed by atoms with E-state index in [9.17, 15) is 9.59 Å². The molecule has 0 radical (unpaired) electrons. The zero-order chi connectivity index (χ0) is 16.4. The van der Waals surface area contributed by atoms with E-state index in [0.717, 1.165) is 16.3 Å². The first-order chi connectivity index (χ1) is 11.0. The quantitative estimate of drug-likeness (QED) is 0.857. The molecule has 2 aromatic carbocycles. The fraction of sp³-hybridized carbons (Fsp3) is 0.263. The second kappa shape index (κ2) is 6.24. The number of hydrogen-bond donors (Lipinski definition) is 2. The van der Waals surface area contributed by atoms with Crippen molar-refractivity contribution in [1.82, 2.24) is 10.6 Å². The van der Waals surface area contributed by atoms with E-state index in [0.29, 0.717) is 18.0 Å². The van der Waals surface area contributed by atoms with Gasteiger partial charge < -0.3 is 10.6 Å². The molecular weight excluding hydrogens is 288 g/mol. The molecule has 1 fully saturated rings. The fourth-order valence-electron chi connectivity index (χ4n) is 2.85. The molecule has 0 bridgehead atoms.